The van der Waals surface area contributed by atoms with Crippen molar-refractivity contribution in [1.82, 2.24) is 9.55 Å². The highest BCUT2D eigenvalue weighted by Gasteiger charge is 2.16. The fourth-order valence-electron chi connectivity index (χ4n) is 2.77. The maximum absolute atomic E-state index is 13.5. The number of hydrogen-bond donors (Lipinski definition) is 1. The maximum atomic E-state index is 13.5. The minimum Gasteiger partial charge on any atom is -0.460 e. The van der Waals surface area contributed by atoms with E-state index in [1.54, 1.807) is 6.07 Å². The minimum absolute atomic E-state index is 0.190. The lowest BCUT2D eigenvalue weighted by atomic mass is 10.1. The van der Waals surface area contributed by atoms with Crippen molar-refractivity contribution >= 4 is 17.0 Å². The number of nitrogens with zero attached hydrogens (tertiary/aromatic N) is 1. The van der Waals surface area contributed by atoms with Crippen molar-refractivity contribution in [2.45, 2.75) is 39.3 Å². The lowest BCUT2D eigenvalue weighted by Gasteiger charge is -2.19. The fourth-order valence-corrected chi connectivity index (χ4v) is 2.77. The molecule has 0 amide bonds. The molecule has 0 radical (unpaired) electrons. The third-order valence-electron chi connectivity index (χ3n) is 3.87. The lowest BCUT2D eigenvalue weighted by molar-refractivity contribution is -0.153. The second-order valence-electron chi connectivity index (χ2n) is 7.26. The third-order valence-corrected chi connectivity index (χ3v) is 3.87. The van der Waals surface area contributed by atoms with Crippen LogP contribution in [0.25, 0.3) is 11.0 Å². The largest absolute Gasteiger partial charge is 0.460 e. The number of carbonyl (C=O) groups is 1. The first kappa shape index (κ1) is 17.9. The van der Waals surface area contributed by atoms with E-state index in [9.17, 15) is 14.0 Å². The number of nitrogens with one attached hydrogen (secondary N) is 1. The number of aromatic nitrogens is 2. The zero-order valence-corrected chi connectivity index (χ0v) is 15.0. The number of hydrogen-bond acceptors (Lipinski definition) is 3. The molecule has 0 saturated heterocycles. The SMILES string of the molecule is CC(C)(C)OC(=O)Cc1ccc(Cn2c(=O)[nH]c3ccc(F)cc32)cc1. The molecule has 0 spiro atoms. The molecule has 1 aromatic heterocycles. The van der Waals surface area contributed by atoms with Crippen molar-refractivity contribution in [3.05, 3.63) is 69.9 Å². The van der Waals surface area contributed by atoms with Gasteiger partial charge < -0.3 is 9.72 Å². The maximum Gasteiger partial charge on any atom is 0.326 e. The zero-order chi connectivity index (χ0) is 18.9. The van der Waals surface area contributed by atoms with Gasteiger partial charge in [0.05, 0.1) is 24.0 Å². The molecule has 0 bridgehead atoms. The number of imidazole rings is 1. The van der Waals surface area contributed by atoms with Gasteiger partial charge in [-0.15, -0.1) is 0 Å². The summed E-state index contributed by atoms with van der Waals surface area (Å²) in [6.45, 7) is 5.80. The fraction of sp³-hybridized carbons (Fsp3) is 0.300. The van der Waals surface area contributed by atoms with E-state index in [0.717, 1.165) is 11.1 Å². The number of benzene rings is 2. The van der Waals surface area contributed by atoms with Crippen molar-refractivity contribution in [2.75, 3.05) is 0 Å². The number of esters is 1. The summed E-state index contributed by atoms with van der Waals surface area (Å²) in [6.07, 6.45) is 0.190. The molecule has 0 aliphatic rings. The van der Waals surface area contributed by atoms with Gasteiger partial charge >= 0.3 is 11.7 Å². The highest BCUT2D eigenvalue weighted by molar-refractivity contribution is 5.75. The Kier molecular flexibility index (Phi) is 4.68. The molecule has 3 aromatic rings. The molecule has 5 nitrogen and oxygen atoms in total. The standard InChI is InChI=1S/C20H21FN2O3/c1-20(2,3)26-18(24)10-13-4-6-14(7-5-13)12-23-17-11-15(21)8-9-16(17)22-19(23)25/h4-9,11H,10,12H2,1-3H3,(H,22,25). The second kappa shape index (κ2) is 6.78. The number of carbonyl (C=O) groups excluding carboxylic acids is 1. The molecule has 2 aromatic carbocycles. The van der Waals surface area contributed by atoms with Crippen LogP contribution < -0.4 is 5.69 Å². The number of ether oxygens (including phenoxy) is 1. The molecule has 0 saturated carbocycles. The van der Waals surface area contributed by atoms with Gasteiger partial charge in [0.2, 0.25) is 0 Å². The smallest absolute Gasteiger partial charge is 0.326 e. The van der Waals surface area contributed by atoms with Crippen molar-refractivity contribution in [3.8, 4) is 0 Å². The second-order valence-corrected chi connectivity index (χ2v) is 7.26. The molecule has 0 aliphatic heterocycles. The summed E-state index contributed by atoms with van der Waals surface area (Å²) in [5.41, 5.74) is 2.03. The summed E-state index contributed by atoms with van der Waals surface area (Å²) in [7, 11) is 0. The van der Waals surface area contributed by atoms with Crippen LogP contribution in [-0.2, 0) is 22.5 Å². The molecule has 0 atom stereocenters. The number of halogens is 1. The Balaban J connectivity index is 1.76. The van der Waals surface area contributed by atoms with E-state index in [0.29, 0.717) is 17.6 Å². The number of rotatable bonds is 4. The van der Waals surface area contributed by atoms with Crippen molar-refractivity contribution in [3.63, 3.8) is 0 Å². The molecular weight excluding hydrogens is 335 g/mol. The average Bonchev–Trinajstić information content (AvgIpc) is 2.83. The predicted molar refractivity (Wildman–Crippen MR) is 97.6 cm³/mol. The zero-order valence-electron chi connectivity index (χ0n) is 15.0. The van der Waals surface area contributed by atoms with E-state index in [1.165, 1.54) is 16.7 Å². The summed E-state index contributed by atoms with van der Waals surface area (Å²) < 4.78 is 20.3. The van der Waals surface area contributed by atoms with Crippen LogP contribution in [0.2, 0.25) is 0 Å². The molecule has 0 unspecified atom stereocenters. The van der Waals surface area contributed by atoms with Gasteiger partial charge in [-0.1, -0.05) is 24.3 Å². The highest BCUT2D eigenvalue weighted by atomic mass is 19.1. The highest BCUT2D eigenvalue weighted by Crippen LogP contribution is 2.15. The van der Waals surface area contributed by atoms with Crippen LogP contribution in [0.15, 0.2) is 47.3 Å². The van der Waals surface area contributed by atoms with Crippen LogP contribution in [0.4, 0.5) is 4.39 Å². The van der Waals surface area contributed by atoms with Crippen molar-refractivity contribution < 1.29 is 13.9 Å². The van der Waals surface area contributed by atoms with Gasteiger partial charge in [0.1, 0.15) is 11.4 Å². The Bertz CT molecular complexity index is 995. The van der Waals surface area contributed by atoms with Gasteiger partial charge in [-0.3, -0.25) is 9.36 Å². The lowest BCUT2D eigenvalue weighted by Crippen LogP contribution is -2.24. The van der Waals surface area contributed by atoms with Gasteiger partial charge in [0.25, 0.3) is 0 Å². The van der Waals surface area contributed by atoms with Crippen LogP contribution in [0.1, 0.15) is 31.9 Å². The minimum atomic E-state index is -0.511. The van der Waals surface area contributed by atoms with E-state index in [1.807, 2.05) is 45.0 Å². The van der Waals surface area contributed by atoms with Gasteiger partial charge in [-0.25, -0.2) is 9.18 Å². The average molecular weight is 356 g/mol. The number of fused-ring (bicyclic) bond motifs is 1. The topological polar surface area (TPSA) is 64.1 Å². The van der Waals surface area contributed by atoms with Gasteiger partial charge in [0, 0.05) is 0 Å². The first-order valence-corrected chi connectivity index (χ1v) is 8.39. The molecule has 3 rings (SSSR count). The van der Waals surface area contributed by atoms with Gasteiger partial charge in [-0.2, -0.15) is 0 Å². The van der Waals surface area contributed by atoms with Crippen LogP contribution in [-0.4, -0.2) is 21.1 Å². The van der Waals surface area contributed by atoms with E-state index < -0.39 is 11.4 Å². The number of aromatic amines is 1. The molecule has 136 valence electrons. The quantitative estimate of drug-likeness (QED) is 0.729. The summed E-state index contributed by atoms with van der Waals surface area (Å²) in [4.78, 5) is 26.7. The Morgan fingerprint density at radius 2 is 1.77 bits per heavy atom. The Morgan fingerprint density at radius 1 is 1.12 bits per heavy atom. The monoisotopic (exact) mass is 356 g/mol. The molecule has 26 heavy (non-hydrogen) atoms. The Labute approximate surface area is 150 Å². The molecule has 6 heteroatoms. The van der Waals surface area contributed by atoms with Crippen LogP contribution in [0.5, 0.6) is 0 Å². The normalized spacial score (nSPS) is 11.7. The molecule has 1 N–H and O–H groups in total. The predicted octanol–water partition coefficient (Wildman–Crippen LogP) is 3.40. The summed E-state index contributed by atoms with van der Waals surface area (Å²) in [5.74, 6) is -0.675. The van der Waals surface area contributed by atoms with Crippen molar-refractivity contribution in [1.29, 1.82) is 0 Å². The Hall–Kier alpha value is -2.89. The van der Waals surface area contributed by atoms with Crippen LogP contribution in [0, 0.1) is 5.82 Å². The molecular formula is C20H21FN2O3. The Morgan fingerprint density at radius 3 is 2.42 bits per heavy atom. The molecule has 1 heterocycles. The third kappa shape index (κ3) is 4.20. The first-order valence-electron chi connectivity index (χ1n) is 8.39. The van der Waals surface area contributed by atoms with E-state index in [4.69, 9.17) is 4.74 Å². The van der Waals surface area contributed by atoms with Gasteiger partial charge in [-0.05, 0) is 50.1 Å². The summed E-state index contributed by atoms with van der Waals surface area (Å²) in [5, 5.41) is 0. The van der Waals surface area contributed by atoms with E-state index in [2.05, 4.69) is 4.98 Å². The van der Waals surface area contributed by atoms with Gasteiger partial charge in [0.15, 0.2) is 0 Å². The van der Waals surface area contributed by atoms with Crippen molar-refractivity contribution in [2.24, 2.45) is 0 Å². The van der Waals surface area contributed by atoms with Crippen LogP contribution in [0.3, 0.4) is 0 Å². The van der Waals surface area contributed by atoms with E-state index in [-0.39, 0.29) is 18.1 Å². The summed E-state index contributed by atoms with van der Waals surface area (Å²) >= 11 is 0. The van der Waals surface area contributed by atoms with Crippen LogP contribution >= 0.6 is 0 Å². The first-order chi connectivity index (χ1) is 12.2. The molecule has 0 aliphatic carbocycles. The number of H-pyrrole nitrogens is 1. The molecule has 0 fully saturated rings. The summed E-state index contributed by atoms with van der Waals surface area (Å²) in [6, 6.07) is 11.6. The van der Waals surface area contributed by atoms with E-state index >= 15 is 0 Å².